The summed E-state index contributed by atoms with van der Waals surface area (Å²) in [6.45, 7) is 2.10. The number of ether oxygens (including phenoxy) is 1. The van der Waals surface area contributed by atoms with Crippen LogP contribution in [0.4, 0.5) is 8.78 Å². The zero-order valence-electron chi connectivity index (χ0n) is 15.5. The maximum atomic E-state index is 13.6. The minimum atomic E-state index is -0.584. The van der Waals surface area contributed by atoms with Crippen LogP contribution in [0.2, 0.25) is 10.0 Å². The third kappa shape index (κ3) is 4.92. The lowest BCUT2D eigenvalue weighted by molar-refractivity contribution is -0.144. The normalized spacial score (nSPS) is 10.9. The van der Waals surface area contributed by atoms with Gasteiger partial charge < -0.3 is 4.74 Å². The molecule has 1 aromatic heterocycles. The molecule has 0 atom stereocenters. The van der Waals surface area contributed by atoms with Crippen molar-refractivity contribution >= 4 is 29.2 Å². The number of nitrogens with zero attached hydrogens (tertiary/aromatic N) is 3. The van der Waals surface area contributed by atoms with Crippen LogP contribution in [0.3, 0.4) is 0 Å². The summed E-state index contributed by atoms with van der Waals surface area (Å²) >= 11 is 11.8. The molecule has 5 nitrogen and oxygen atoms in total. The van der Waals surface area contributed by atoms with Crippen molar-refractivity contribution in [3.8, 4) is 22.5 Å². The highest BCUT2D eigenvalue weighted by Crippen LogP contribution is 2.34. The Bertz CT molecular complexity index is 1040. The number of esters is 1. The Morgan fingerprint density at radius 1 is 1.07 bits per heavy atom. The lowest BCUT2D eigenvalue weighted by Gasteiger charge is -2.10. The highest BCUT2D eigenvalue weighted by Gasteiger charge is 2.20. The topological polar surface area (TPSA) is 57.0 Å². The van der Waals surface area contributed by atoms with Crippen LogP contribution in [0.25, 0.3) is 22.5 Å². The van der Waals surface area contributed by atoms with Gasteiger partial charge in [-0.25, -0.2) is 13.5 Å². The molecule has 152 valence electrons. The number of hydrogen-bond acceptors (Lipinski definition) is 4. The summed E-state index contributed by atoms with van der Waals surface area (Å²) in [5.74, 6) is -1.64. The van der Waals surface area contributed by atoms with E-state index in [1.165, 1.54) is 41.1 Å². The molecule has 2 aromatic carbocycles. The van der Waals surface area contributed by atoms with Crippen LogP contribution in [0.15, 0.2) is 36.4 Å². The van der Waals surface area contributed by atoms with Crippen LogP contribution in [-0.4, -0.2) is 27.6 Å². The second-order valence-electron chi connectivity index (χ2n) is 6.28. The Balaban J connectivity index is 2.04. The van der Waals surface area contributed by atoms with Crippen molar-refractivity contribution in [2.45, 2.75) is 26.3 Å². The van der Waals surface area contributed by atoms with Crippen LogP contribution in [0.5, 0.6) is 0 Å². The summed E-state index contributed by atoms with van der Waals surface area (Å²) in [5.41, 5.74) is 1.72. The first kappa shape index (κ1) is 21.2. The van der Waals surface area contributed by atoms with Gasteiger partial charge in [-0.15, -0.1) is 5.10 Å². The first-order valence-corrected chi connectivity index (χ1v) is 9.66. The summed E-state index contributed by atoms with van der Waals surface area (Å²) in [6, 6.07) is 8.20. The fourth-order valence-electron chi connectivity index (χ4n) is 2.69. The smallest absolute Gasteiger partial charge is 0.327 e. The van der Waals surface area contributed by atoms with Gasteiger partial charge >= 0.3 is 5.97 Å². The molecular formula is C20H17Cl2F2N3O2. The summed E-state index contributed by atoms with van der Waals surface area (Å²) in [6.07, 6.45) is 1.65. The first-order valence-electron chi connectivity index (χ1n) is 8.90. The van der Waals surface area contributed by atoms with E-state index in [2.05, 4.69) is 10.3 Å². The van der Waals surface area contributed by atoms with E-state index in [0.717, 1.165) is 12.8 Å². The molecule has 0 bridgehead atoms. The molecule has 0 amide bonds. The van der Waals surface area contributed by atoms with Crippen molar-refractivity contribution in [2.75, 3.05) is 6.61 Å². The maximum absolute atomic E-state index is 13.6. The highest BCUT2D eigenvalue weighted by atomic mass is 35.5. The molecule has 0 unspecified atom stereocenters. The van der Waals surface area contributed by atoms with Crippen LogP contribution in [-0.2, 0) is 16.1 Å². The Hall–Kier alpha value is -2.51. The van der Waals surface area contributed by atoms with Gasteiger partial charge in [0.1, 0.15) is 23.9 Å². The third-order valence-corrected chi connectivity index (χ3v) is 4.74. The molecule has 9 heteroatoms. The van der Waals surface area contributed by atoms with E-state index in [1.807, 2.05) is 6.92 Å². The molecular weight excluding hydrogens is 423 g/mol. The van der Waals surface area contributed by atoms with Gasteiger partial charge in [-0.2, -0.15) is 0 Å². The molecule has 0 N–H and O–H groups in total. The van der Waals surface area contributed by atoms with Gasteiger partial charge in [0.25, 0.3) is 0 Å². The molecule has 0 spiro atoms. The van der Waals surface area contributed by atoms with E-state index < -0.39 is 17.6 Å². The second kappa shape index (κ2) is 9.33. The van der Waals surface area contributed by atoms with Gasteiger partial charge in [0.15, 0.2) is 0 Å². The molecule has 0 saturated heterocycles. The monoisotopic (exact) mass is 439 g/mol. The zero-order chi connectivity index (χ0) is 21.0. The average Bonchev–Trinajstić information content (AvgIpc) is 3.10. The number of aromatic nitrogens is 3. The third-order valence-electron chi connectivity index (χ3n) is 4.16. The van der Waals surface area contributed by atoms with Crippen molar-refractivity contribution in [2.24, 2.45) is 0 Å². The molecule has 1 heterocycles. The summed E-state index contributed by atoms with van der Waals surface area (Å²) < 4.78 is 33.7. The van der Waals surface area contributed by atoms with Crippen molar-refractivity contribution in [1.82, 2.24) is 15.0 Å². The van der Waals surface area contributed by atoms with E-state index in [4.69, 9.17) is 27.9 Å². The summed E-state index contributed by atoms with van der Waals surface area (Å²) in [5, 5.41) is 7.98. The number of hydrogen-bond donors (Lipinski definition) is 0. The van der Waals surface area contributed by atoms with E-state index in [0.29, 0.717) is 29.1 Å². The highest BCUT2D eigenvalue weighted by molar-refractivity contribution is 6.31. The van der Waals surface area contributed by atoms with Crippen LogP contribution in [0.1, 0.15) is 19.8 Å². The molecule has 0 aliphatic carbocycles. The van der Waals surface area contributed by atoms with Gasteiger partial charge in [0.05, 0.1) is 22.3 Å². The lowest BCUT2D eigenvalue weighted by Crippen LogP contribution is -2.16. The van der Waals surface area contributed by atoms with Crippen molar-refractivity contribution in [1.29, 1.82) is 0 Å². The number of carbonyl (C=O) groups is 1. The van der Waals surface area contributed by atoms with Crippen molar-refractivity contribution < 1.29 is 18.3 Å². The molecule has 0 fully saturated rings. The van der Waals surface area contributed by atoms with E-state index in [1.54, 1.807) is 0 Å². The number of unbranched alkanes of at least 4 members (excludes halogenated alkanes) is 1. The molecule has 0 radical (unpaired) electrons. The second-order valence-corrected chi connectivity index (χ2v) is 7.09. The minimum absolute atomic E-state index is 0.0842. The average molecular weight is 440 g/mol. The first-order chi connectivity index (χ1) is 13.9. The Kier molecular flexibility index (Phi) is 6.82. The molecule has 0 aliphatic rings. The Labute approximate surface area is 176 Å². The lowest BCUT2D eigenvalue weighted by atomic mass is 10.0. The number of benzene rings is 2. The Morgan fingerprint density at radius 3 is 2.31 bits per heavy atom. The van der Waals surface area contributed by atoms with E-state index >= 15 is 0 Å². The summed E-state index contributed by atoms with van der Waals surface area (Å²) in [7, 11) is 0. The van der Waals surface area contributed by atoms with E-state index in [9.17, 15) is 13.6 Å². The molecule has 0 aliphatic heterocycles. The predicted octanol–water partition coefficient (Wildman–Crippen LogP) is 5.54. The SMILES string of the molecule is CCCCOC(=O)Cn1nnc(-c2ccc(F)c(Cl)c2)c1-c1ccc(F)c(Cl)c1. The molecule has 3 aromatic rings. The van der Waals surface area contributed by atoms with Crippen LogP contribution >= 0.6 is 23.2 Å². The maximum Gasteiger partial charge on any atom is 0.327 e. The Morgan fingerprint density at radius 2 is 1.69 bits per heavy atom. The van der Waals surface area contributed by atoms with Crippen LogP contribution < -0.4 is 0 Å². The quantitative estimate of drug-likeness (QED) is 0.358. The standard InChI is InChI=1S/C20H17Cl2F2N3O2/c1-2-3-8-29-18(28)11-27-20(13-5-7-17(24)15(22)10-13)19(25-26-27)12-4-6-16(23)14(21)9-12/h4-7,9-10H,2-3,8,11H2,1H3. The fraction of sp³-hybridized carbons (Fsp3) is 0.250. The zero-order valence-corrected chi connectivity index (χ0v) is 17.0. The van der Waals surface area contributed by atoms with Gasteiger partial charge in [-0.3, -0.25) is 4.79 Å². The molecule has 0 saturated carbocycles. The summed E-state index contributed by atoms with van der Waals surface area (Å²) in [4.78, 5) is 12.2. The molecule has 3 rings (SSSR count). The minimum Gasteiger partial charge on any atom is -0.464 e. The van der Waals surface area contributed by atoms with E-state index in [-0.39, 0.29) is 16.6 Å². The number of carbonyl (C=O) groups excluding carboxylic acids is 1. The number of halogens is 4. The van der Waals surface area contributed by atoms with Gasteiger partial charge in [-0.05, 0) is 42.8 Å². The fourth-order valence-corrected chi connectivity index (χ4v) is 3.05. The molecule has 29 heavy (non-hydrogen) atoms. The van der Waals surface area contributed by atoms with Crippen LogP contribution in [0, 0.1) is 11.6 Å². The predicted molar refractivity (Wildman–Crippen MR) is 107 cm³/mol. The largest absolute Gasteiger partial charge is 0.464 e. The van der Waals surface area contributed by atoms with Gasteiger partial charge in [0.2, 0.25) is 0 Å². The van der Waals surface area contributed by atoms with Crippen molar-refractivity contribution in [3.05, 3.63) is 58.1 Å². The van der Waals surface area contributed by atoms with Gasteiger partial charge in [-0.1, -0.05) is 41.8 Å². The number of rotatable bonds is 7. The van der Waals surface area contributed by atoms with Gasteiger partial charge in [0, 0.05) is 11.1 Å². The van der Waals surface area contributed by atoms with Crippen molar-refractivity contribution in [3.63, 3.8) is 0 Å².